The van der Waals surface area contributed by atoms with Crippen LogP contribution in [0.25, 0.3) is 0 Å². The van der Waals surface area contributed by atoms with Crippen molar-refractivity contribution in [3.8, 4) is 0 Å². The number of rotatable bonds is 3. The molecule has 2 N–H and O–H groups in total. The Morgan fingerprint density at radius 1 is 1.44 bits per heavy atom. The van der Waals surface area contributed by atoms with Crippen LogP contribution in [0.15, 0.2) is 0 Å². The van der Waals surface area contributed by atoms with Crippen LogP contribution < -0.4 is 10.6 Å². The number of nitrogens with one attached hydrogen (secondary N) is 2. The topological polar surface area (TPSA) is 61.4 Å². The Hall–Kier alpha value is -1.10. The molecule has 1 saturated carbocycles. The van der Waals surface area contributed by atoms with E-state index in [0.29, 0.717) is 19.1 Å². The first-order valence-corrected chi connectivity index (χ1v) is 6.03. The molecule has 90 valence electrons. The van der Waals surface area contributed by atoms with Gasteiger partial charge in [0.2, 0.25) is 11.8 Å². The van der Waals surface area contributed by atoms with Crippen LogP contribution in [0.5, 0.6) is 0 Å². The highest BCUT2D eigenvalue weighted by Gasteiger charge is 2.22. The first kappa shape index (κ1) is 11.4. The molecule has 16 heavy (non-hydrogen) atoms. The number of carbonyl (C=O) groups excluding carboxylic acids is 2. The van der Waals surface area contributed by atoms with Gasteiger partial charge in [0, 0.05) is 19.1 Å². The van der Waals surface area contributed by atoms with Crippen molar-refractivity contribution in [3.63, 3.8) is 0 Å². The largest absolute Gasteiger partial charge is 0.352 e. The van der Waals surface area contributed by atoms with E-state index in [2.05, 4.69) is 10.6 Å². The number of hydrogen-bond donors (Lipinski definition) is 2. The van der Waals surface area contributed by atoms with Crippen LogP contribution in [0.2, 0.25) is 0 Å². The van der Waals surface area contributed by atoms with Crippen LogP contribution >= 0.6 is 0 Å². The van der Waals surface area contributed by atoms with Crippen molar-refractivity contribution in [1.82, 2.24) is 15.5 Å². The van der Waals surface area contributed by atoms with Crippen LogP contribution in [0.3, 0.4) is 0 Å². The standard InChI is InChI=1S/C11H19N3O2/c15-10(13-9-3-1-2-4-9)8-14-6-5-12-7-11(14)16/h9,12H,1-8H2,(H,13,15). The zero-order valence-corrected chi connectivity index (χ0v) is 9.50. The zero-order chi connectivity index (χ0) is 11.4. The van der Waals surface area contributed by atoms with Gasteiger partial charge in [0.1, 0.15) is 0 Å². The molecule has 1 saturated heterocycles. The van der Waals surface area contributed by atoms with Crippen LogP contribution in [0.1, 0.15) is 25.7 Å². The monoisotopic (exact) mass is 225 g/mol. The minimum absolute atomic E-state index is 0.0119. The van der Waals surface area contributed by atoms with E-state index >= 15 is 0 Å². The van der Waals surface area contributed by atoms with Crippen molar-refractivity contribution < 1.29 is 9.59 Å². The van der Waals surface area contributed by atoms with Crippen molar-refractivity contribution >= 4 is 11.8 Å². The molecular formula is C11H19N3O2. The van der Waals surface area contributed by atoms with E-state index < -0.39 is 0 Å². The minimum Gasteiger partial charge on any atom is -0.352 e. The fraction of sp³-hybridized carbons (Fsp3) is 0.818. The molecule has 0 radical (unpaired) electrons. The van der Waals surface area contributed by atoms with Crippen LogP contribution in [0, 0.1) is 0 Å². The van der Waals surface area contributed by atoms with E-state index in [1.54, 1.807) is 4.90 Å². The van der Waals surface area contributed by atoms with E-state index in [1.165, 1.54) is 12.8 Å². The summed E-state index contributed by atoms with van der Waals surface area (Å²) in [5, 5.41) is 5.98. The van der Waals surface area contributed by atoms with E-state index in [9.17, 15) is 9.59 Å². The number of piperazine rings is 1. The first-order valence-electron chi connectivity index (χ1n) is 6.03. The van der Waals surface area contributed by atoms with Crippen molar-refractivity contribution in [1.29, 1.82) is 0 Å². The highest BCUT2D eigenvalue weighted by Crippen LogP contribution is 2.17. The van der Waals surface area contributed by atoms with Gasteiger partial charge < -0.3 is 15.5 Å². The summed E-state index contributed by atoms with van der Waals surface area (Å²) < 4.78 is 0. The summed E-state index contributed by atoms with van der Waals surface area (Å²) in [6.45, 7) is 1.99. The van der Waals surface area contributed by atoms with E-state index in [-0.39, 0.29) is 18.4 Å². The van der Waals surface area contributed by atoms with Crippen molar-refractivity contribution in [2.45, 2.75) is 31.7 Å². The average Bonchev–Trinajstić information content (AvgIpc) is 2.74. The lowest BCUT2D eigenvalue weighted by molar-refractivity contribution is -0.136. The fourth-order valence-corrected chi connectivity index (χ4v) is 2.33. The van der Waals surface area contributed by atoms with Crippen LogP contribution in [0.4, 0.5) is 0 Å². The van der Waals surface area contributed by atoms with Gasteiger partial charge in [-0.2, -0.15) is 0 Å². The first-order chi connectivity index (χ1) is 7.75. The minimum atomic E-state index is -0.0119. The molecule has 0 spiro atoms. The summed E-state index contributed by atoms with van der Waals surface area (Å²) in [6, 6.07) is 0.338. The normalized spacial score (nSPS) is 22.5. The summed E-state index contributed by atoms with van der Waals surface area (Å²) in [4.78, 5) is 24.8. The van der Waals surface area contributed by atoms with Gasteiger partial charge in [-0.15, -0.1) is 0 Å². The molecule has 2 aliphatic rings. The Kier molecular flexibility index (Phi) is 3.77. The molecule has 2 amide bonds. The molecule has 5 nitrogen and oxygen atoms in total. The molecule has 1 aliphatic carbocycles. The predicted molar refractivity (Wildman–Crippen MR) is 59.8 cm³/mol. The van der Waals surface area contributed by atoms with Gasteiger partial charge in [-0.1, -0.05) is 12.8 Å². The Morgan fingerprint density at radius 3 is 2.88 bits per heavy atom. The van der Waals surface area contributed by atoms with Gasteiger partial charge in [-0.25, -0.2) is 0 Å². The second-order valence-corrected chi connectivity index (χ2v) is 4.54. The third-order valence-corrected chi connectivity index (χ3v) is 3.24. The molecule has 1 aliphatic heterocycles. The molecule has 2 fully saturated rings. The number of nitrogens with zero attached hydrogens (tertiary/aromatic N) is 1. The number of amides is 2. The molecular weight excluding hydrogens is 206 g/mol. The van der Waals surface area contributed by atoms with Crippen molar-refractivity contribution in [3.05, 3.63) is 0 Å². The average molecular weight is 225 g/mol. The second kappa shape index (κ2) is 5.30. The third kappa shape index (κ3) is 2.95. The van der Waals surface area contributed by atoms with E-state index in [1.807, 2.05) is 0 Å². The van der Waals surface area contributed by atoms with Crippen molar-refractivity contribution in [2.24, 2.45) is 0 Å². The maximum atomic E-state index is 11.7. The third-order valence-electron chi connectivity index (χ3n) is 3.24. The number of carbonyl (C=O) groups is 2. The van der Waals surface area contributed by atoms with Gasteiger partial charge >= 0.3 is 0 Å². The van der Waals surface area contributed by atoms with Gasteiger partial charge in [0.05, 0.1) is 13.1 Å². The summed E-state index contributed by atoms with van der Waals surface area (Å²) in [7, 11) is 0. The molecule has 0 bridgehead atoms. The smallest absolute Gasteiger partial charge is 0.239 e. The van der Waals surface area contributed by atoms with Gasteiger partial charge in [0.15, 0.2) is 0 Å². The predicted octanol–water partition coefficient (Wildman–Crippen LogP) is -0.523. The Bertz CT molecular complexity index is 274. The summed E-state index contributed by atoms with van der Waals surface area (Å²) in [5.41, 5.74) is 0. The van der Waals surface area contributed by atoms with Crippen LogP contribution in [-0.2, 0) is 9.59 Å². The Morgan fingerprint density at radius 2 is 2.19 bits per heavy atom. The maximum Gasteiger partial charge on any atom is 0.239 e. The Labute approximate surface area is 95.6 Å². The lowest BCUT2D eigenvalue weighted by Gasteiger charge is -2.27. The highest BCUT2D eigenvalue weighted by molar-refractivity contribution is 5.86. The van der Waals surface area contributed by atoms with E-state index in [0.717, 1.165) is 19.4 Å². The zero-order valence-electron chi connectivity index (χ0n) is 9.50. The lowest BCUT2D eigenvalue weighted by Crippen LogP contribution is -2.52. The fourth-order valence-electron chi connectivity index (χ4n) is 2.33. The molecule has 0 aromatic heterocycles. The van der Waals surface area contributed by atoms with Gasteiger partial charge in [0.25, 0.3) is 0 Å². The SMILES string of the molecule is O=C(CN1CCNCC1=O)NC1CCCC1. The molecule has 0 unspecified atom stereocenters. The molecule has 1 heterocycles. The maximum absolute atomic E-state index is 11.7. The molecule has 2 rings (SSSR count). The summed E-state index contributed by atoms with van der Waals surface area (Å²) >= 11 is 0. The molecule has 0 atom stereocenters. The molecule has 5 heteroatoms. The molecule has 0 aromatic rings. The van der Waals surface area contributed by atoms with E-state index in [4.69, 9.17) is 0 Å². The highest BCUT2D eigenvalue weighted by atomic mass is 16.2. The molecule has 0 aromatic carbocycles. The van der Waals surface area contributed by atoms with Crippen LogP contribution in [-0.4, -0.2) is 48.9 Å². The van der Waals surface area contributed by atoms with Gasteiger partial charge in [-0.05, 0) is 12.8 Å². The van der Waals surface area contributed by atoms with Gasteiger partial charge in [-0.3, -0.25) is 9.59 Å². The second-order valence-electron chi connectivity index (χ2n) is 4.54. The lowest BCUT2D eigenvalue weighted by atomic mass is 10.2. The summed E-state index contributed by atoms with van der Waals surface area (Å²) in [5.74, 6) is 0.00923. The van der Waals surface area contributed by atoms with Crippen molar-refractivity contribution in [2.75, 3.05) is 26.2 Å². The Balaban J connectivity index is 1.75. The summed E-state index contributed by atoms with van der Waals surface area (Å²) in [6.07, 6.45) is 4.58. The quantitative estimate of drug-likeness (QED) is 0.679. The number of hydrogen-bond acceptors (Lipinski definition) is 3.